The molecule has 0 aromatic heterocycles. The van der Waals surface area contributed by atoms with Gasteiger partial charge in [0.05, 0.1) is 0 Å². The minimum atomic E-state index is -0.608. The Kier molecular flexibility index (Phi) is 5.99. The molecule has 2 aromatic rings. The van der Waals surface area contributed by atoms with Gasteiger partial charge in [0.15, 0.2) is 6.10 Å². The number of ether oxygens (including phenoxy) is 1. The van der Waals surface area contributed by atoms with Gasteiger partial charge in [-0.1, -0.05) is 23.7 Å². The van der Waals surface area contributed by atoms with E-state index in [9.17, 15) is 9.18 Å². The Balaban J connectivity index is 1.81. The molecule has 1 N–H and O–H groups in total. The van der Waals surface area contributed by atoms with Crippen molar-refractivity contribution in [3.63, 3.8) is 0 Å². The fourth-order valence-electron chi connectivity index (χ4n) is 2.11. The van der Waals surface area contributed by atoms with E-state index in [1.54, 1.807) is 37.3 Å². The topological polar surface area (TPSA) is 38.3 Å². The van der Waals surface area contributed by atoms with Crippen molar-refractivity contribution in [2.75, 3.05) is 6.54 Å². The molecule has 0 radical (unpaired) electrons. The Bertz CT molecular complexity index is 673. The molecule has 3 nitrogen and oxygen atoms in total. The quantitative estimate of drug-likeness (QED) is 0.869. The molecule has 1 amide bonds. The van der Waals surface area contributed by atoms with Gasteiger partial charge in [-0.3, -0.25) is 4.79 Å². The highest BCUT2D eigenvalue weighted by atomic mass is 35.5. The van der Waals surface area contributed by atoms with Crippen molar-refractivity contribution < 1.29 is 13.9 Å². The smallest absolute Gasteiger partial charge is 0.260 e. The normalized spacial score (nSPS) is 11.8. The predicted octanol–water partition coefficient (Wildman–Crippen LogP) is 3.91. The molecule has 0 aliphatic rings. The van der Waals surface area contributed by atoms with Crippen LogP contribution in [0.25, 0.3) is 0 Å². The Morgan fingerprint density at radius 2 is 1.96 bits per heavy atom. The summed E-state index contributed by atoms with van der Waals surface area (Å²) in [4.78, 5) is 12.0. The van der Waals surface area contributed by atoms with Gasteiger partial charge in [-0.15, -0.1) is 0 Å². The first-order valence-electron chi connectivity index (χ1n) is 7.40. The third-order valence-corrected chi connectivity index (χ3v) is 3.67. The maximum atomic E-state index is 12.8. The van der Waals surface area contributed by atoms with E-state index in [2.05, 4.69) is 5.32 Å². The second-order valence-electron chi connectivity index (χ2n) is 5.34. The zero-order valence-electron chi connectivity index (χ0n) is 13.1. The van der Waals surface area contributed by atoms with Crippen LogP contribution in [0.5, 0.6) is 5.75 Å². The molecule has 0 spiro atoms. The van der Waals surface area contributed by atoms with E-state index in [1.165, 1.54) is 12.1 Å². The number of halogens is 2. The summed E-state index contributed by atoms with van der Waals surface area (Å²) in [6.45, 7) is 4.04. The third-order valence-electron chi connectivity index (χ3n) is 3.44. The minimum Gasteiger partial charge on any atom is -0.481 e. The fourth-order valence-corrected chi connectivity index (χ4v) is 2.34. The molecular weight excluding hydrogens is 317 g/mol. The first-order valence-corrected chi connectivity index (χ1v) is 7.78. The largest absolute Gasteiger partial charge is 0.481 e. The number of carbonyl (C=O) groups excluding carboxylic acids is 1. The zero-order valence-corrected chi connectivity index (χ0v) is 13.9. The summed E-state index contributed by atoms with van der Waals surface area (Å²) in [6.07, 6.45) is 0.0294. The molecule has 2 aromatic carbocycles. The predicted molar refractivity (Wildman–Crippen MR) is 89.4 cm³/mol. The number of hydrogen-bond donors (Lipinski definition) is 1. The lowest BCUT2D eigenvalue weighted by molar-refractivity contribution is -0.127. The number of nitrogens with one attached hydrogen (secondary N) is 1. The molecule has 1 atom stereocenters. The zero-order chi connectivity index (χ0) is 16.8. The number of hydrogen-bond acceptors (Lipinski definition) is 2. The molecule has 0 aliphatic heterocycles. The first-order chi connectivity index (χ1) is 11.0. The average Bonchev–Trinajstić information content (AvgIpc) is 2.51. The minimum absolute atomic E-state index is 0.193. The van der Waals surface area contributed by atoms with Gasteiger partial charge in [0.1, 0.15) is 11.6 Å². The van der Waals surface area contributed by atoms with Crippen LogP contribution in [0.15, 0.2) is 42.5 Å². The number of rotatable bonds is 6. The Labute approximate surface area is 140 Å². The van der Waals surface area contributed by atoms with Crippen LogP contribution < -0.4 is 10.1 Å². The number of carbonyl (C=O) groups is 1. The maximum Gasteiger partial charge on any atom is 0.260 e. The number of amides is 1. The van der Waals surface area contributed by atoms with Gasteiger partial charge in [-0.2, -0.15) is 0 Å². The summed E-state index contributed by atoms with van der Waals surface area (Å²) in [5, 5.41) is 3.44. The Hall–Kier alpha value is -2.07. The molecule has 0 bridgehead atoms. The molecule has 122 valence electrons. The van der Waals surface area contributed by atoms with E-state index in [0.29, 0.717) is 23.7 Å². The molecule has 0 heterocycles. The van der Waals surface area contributed by atoms with Crippen molar-refractivity contribution in [1.29, 1.82) is 0 Å². The second-order valence-corrected chi connectivity index (χ2v) is 5.77. The summed E-state index contributed by atoms with van der Waals surface area (Å²) >= 11 is 5.89. The van der Waals surface area contributed by atoms with Crippen LogP contribution in [0, 0.1) is 12.7 Å². The van der Waals surface area contributed by atoms with E-state index in [4.69, 9.17) is 16.3 Å². The van der Waals surface area contributed by atoms with Crippen molar-refractivity contribution in [2.24, 2.45) is 0 Å². The van der Waals surface area contributed by atoms with Crippen molar-refractivity contribution in [3.05, 3.63) is 64.4 Å². The molecule has 0 fully saturated rings. The lowest BCUT2D eigenvalue weighted by Gasteiger charge is -2.16. The van der Waals surface area contributed by atoms with E-state index in [1.807, 2.05) is 6.92 Å². The summed E-state index contributed by atoms with van der Waals surface area (Å²) in [7, 11) is 0. The highest BCUT2D eigenvalue weighted by Gasteiger charge is 2.15. The summed E-state index contributed by atoms with van der Waals surface area (Å²) < 4.78 is 18.5. The molecule has 0 aliphatic carbocycles. The van der Waals surface area contributed by atoms with Gasteiger partial charge in [0.25, 0.3) is 5.91 Å². The van der Waals surface area contributed by atoms with Crippen molar-refractivity contribution in [2.45, 2.75) is 26.4 Å². The van der Waals surface area contributed by atoms with Crippen LogP contribution in [-0.4, -0.2) is 18.6 Å². The van der Waals surface area contributed by atoms with Gasteiger partial charge >= 0.3 is 0 Å². The van der Waals surface area contributed by atoms with Crippen LogP contribution in [0.1, 0.15) is 18.1 Å². The Morgan fingerprint density at radius 3 is 2.61 bits per heavy atom. The average molecular weight is 336 g/mol. The highest BCUT2D eigenvalue weighted by molar-refractivity contribution is 6.30. The standard InChI is InChI=1S/C18H19ClFNO2/c1-12-11-15(19)5-8-17(12)23-13(2)18(22)21-10-9-14-3-6-16(20)7-4-14/h3-8,11,13H,9-10H2,1-2H3,(H,21,22)/t13-/m1/s1. The maximum absolute atomic E-state index is 12.8. The van der Waals surface area contributed by atoms with Crippen molar-refractivity contribution in [3.8, 4) is 5.75 Å². The lowest BCUT2D eigenvalue weighted by atomic mass is 10.1. The molecule has 2 rings (SSSR count). The van der Waals surface area contributed by atoms with Crippen LogP contribution in [0.4, 0.5) is 4.39 Å². The molecule has 0 unspecified atom stereocenters. The van der Waals surface area contributed by atoms with Gasteiger partial charge in [0.2, 0.25) is 0 Å². The third kappa shape index (κ3) is 5.25. The molecule has 23 heavy (non-hydrogen) atoms. The summed E-state index contributed by atoms with van der Waals surface area (Å²) in [5.74, 6) is 0.176. The van der Waals surface area contributed by atoms with Gasteiger partial charge in [-0.25, -0.2) is 4.39 Å². The number of aryl methyl sites for hydroxylation is 1. The monoisotopic (exact) mass is 335 g/mol. The van der Waals surface area contributed by atoms with Gasteiger partial charge in [0, 0.05) is 11.6 Å². The van der Waals surface area contributed by atoms with E-state index in [0.717, 1.165) is 11.1 Å². The SMILES string of the molecule is Cc1cc(Cl)ccc1O[C@H](C)C(=O)NCCc1ccc(F)cc1. The van der Waals surface area contributed by atoms with E-state index < -0.39 is 6.10 Å². The summed E-state index contributed by atoms with van der Waals surface area (Å²) in [5.41, 5.74) is 1.84. The first kappa shape index (κ1) is 17.3. The lowest BCUT2D eigenvalue weighted by Crippen LogP contribution is -2.37. The molecule has 0 saturated heterocycles. The molecular formula is C18H19ClFNO2. The van der Waals surface area contributed by atoms with Gasteiger partial charge in [-0.05, 0) is 61.7 Å². The molecule has 5 heteroatoms. The van der Waals surface area contributed by atoms with E-state index in [-0.39, 0.29) is 11.7 Å². The van der Waals surface area contributed by atoms with Gasteiger partial charge < -0.3 is 10.1 Å². The van der Waals surface area contributed by atoms with Crippen molar-refractivity contribution in [1.82, 2.24) is 5.32 Å². The van der Waals surface area contributed by atoms with Crippen LogP contribution in [-0.2, 0) is 11.2 Å². The molecule has 0 saturated carbocycles. The fraction of sp³-hybridized carbons (Fsp3) is 0.278. The van der Waals surface area contributed by atoms with Crippen LogP contribution in [0.3, 0.4) is 0 Å². The number of benzene rings is 2. The van der Waals surface area contributed by atoms with E-state index >= 15 is 0 Å². The van der Waals surface area contributed by atoms with Crippen molar-refractivity contribution >= 4 is 17.5 Å². The van der Waals surface area contributed by atoms with Crippen LogP contribution >= 0.6 is 11.6 Å². The highest BCUT2D eigenvalue weighted by Crippen LogP contribution is 2.22. The second kappa shape index (κ2) is 7.97. The summed E-state index contributed by atoms with van der Waals surface area (Å²) in [6, 6.07) is 11.5. The van der Waals surface area contributed by atoms with Crippen LogP contribution in [0.2, 0.25) is 5.02 Å². The Morgan fingerprint density at radius 1 is 1.26 bits per heavy atom.